The number of hydrogen-bond donors (Lipinski definition) is 1. The maximum atomic E-state index is 12.8. The molecule has 0 saturated heterocycles. The SMILES string of the molecule is NOC(=O)Cn1c(-c2ccccc2)ncc(C(=O)OCc2ccccc2)c1=O. The van der Waals surface area contributed by atoms with Gasteiger partial charge in [-0.3, -0.25) is 9.36 Å². The molecule has 142 valence electrons. The molecule has 0 bridgehead atoms. The van der Waals surface area contributed by atoms with Gasteiger partial charge in [-0.2, -0.15) is 5.90 Å². The standard InChI is InChI=1S/C20H17N3O5/c21-28-17(24)12-23-18(15-9-5-2-6-10-15)22-11-16(19(23)25)20(26)27-13-14-7-3-1-4-8-14/h1-11H,12-13,21H2. The van der Waals surface area contributed by atoms with Crippen molar-refractivity contribution in [2.24, 2.45) is 5.90 Å². The molecule has 0 aliphatic rings. The second-order valence-corrected chi connectivity index (χ2v) is 5.80. The zero-order chi connectivity index (χ0) is 19.9. The largest absolute Gasteiger partial charge is 0.457 e. The van der Waals surface area contributed by atoms with Crippen molar-refractivity contribution in [3.05, 3.63) is 88.3 Å². The zero-order valence-corrected chi connectivity index (χ0v) is 14.8. The predicted molar refractivity (Wildman–Crippen MR) is 99.8 cm³/mol. The summed E-state index contributed by atoms with van der Waals surface area (Å²) in [6, 6.07) is 17.8. The van der Waals surface area contributed by atoms with E-state index < -0.39 is 24.0 Å². The van der Waals surface area contributed by atoms with E-state index in [1.165, 1.54) is 0 Å². The van der Waals surface area contributed by atoms with Crippen LogP contribution in [0.1, 0.15) is 15.9 Å². The van der Waals surface area contributed by atoms with Crippen molar-refractivity contribution in [2.45, 2.75) is 13.2 Å². The van der Waals surface area contributed by atoms with E-state index in [0.29, 0.717) is 5.56 Å². The van der Waals surface area contributed by atoms with Gasteiger partial charge in [0, 0.05) is 11.8 Å². The Morgan fingerprint density at radius 1 is 1.00 bits per heavy atom. The first-order valence-corrected chi connectivity index (χ1v) is 8.36. The molecule has 1 heterocycles. The summed E-state index contributed by atoms with van der Waals surface area (Å²) >= 11 is 0. The van der Waals surface area contributed by atoms with Crippen LogP contribution in [0.25, 0.3) is 11.4 Å². The number of carbonyl (C=O) groups is 2. The van der Waals surface area contributed by atoms with E-state index in [0.717, 1.165) is 16.3 Å². The quantitative estimate of drug-likeness (QED) is 0.512. The first kappa shape index (κ1) is 19.0. The molecular formula is C20H17N3O5. The molecule has 0 saturated carbocycles. The highest BCUT2D eigenvalue weighted by Gasteiger charge is 2.20. The summed E-state index contributed by atoms with van der Waals surface area (Å²) < 4.78 is 6.23. The molecule has 0 unspecified atom stereocenters. The molecule has 0 atom stereocenters. The molecule has 1 aromatic heterocycles. The average molecular weight is 379 g/mol. The van der Waals surface area contributed by atoms with E-state index in [9.17, 15) is 14.4 Å². The minimum absolute atomic E-state index is 0.00436. The van der Waals surface area contributed by atoms with E-state index in [-0.39, 0.29) is 18.0 Å². The number of rotatable bonds is 6. The fraction of sp³-hybridized carbons (Fsp3) is 0.100. The lowest BCUT2D eigenvalue weighted by atomic mass is 10.2. The van der Waals surface area contributed by atoms with Gasteiger partial charge >= 0.3 is 11.9 Å². The molecule has 8 heteroatoms. The maximum Gasteiger partial charge on any atom is 0.345 e. The van der Waals surface area contributed by atoms with Crippen LogP contribution in [0.4, 0.5) is 0 Å². The summed E-state index contributed by atoms with van der Waals surface area (Å²) in [5.41, 5.74) is 0.350. The van der Waals surface area contributed by atoms with Gasteiger partial charge in [-0.25, -0.2) is 14.6 Å². The van der Waals surface area contributed by atoms with E-state index in [1.807, 2.05) is 18.2 Å². The molecule has 0 spiro atoms. The van der Waals surface area contributed by atoms with Crippen LogP contribution in [-0.4, -0.2) is 21.5 Å². The highest BCUT2D eigenvalue weighted by Crippen LogP contribution is 2.15. The molecule has 0 radical (unpaired) electrons. The Hall–Kier alpha value is -3.78. The molecule has 0 fully saturated rings. The van der Waals surface area contributed by atoms with Crippen molar-refractivity contribution in [1.29, 1.82) is 0 Å². The highest BCUT2D eigenvalue weighted by molar-refractivity contribution is 5.89. The normalized spacial score (nSPS) is 10.3. The van der Waals surface area contributed by atoms with E-state index in [1.54, 1.807) is 42.5 Å². The molecular weight excluding hydrogens is 362 g/mol. The van der Waals surface area contributed by atoms with Crippen molar-refractivity contribution in [3.8, 4) is 11.4 Å². The molecule has 0 aliphatic heterocycles. The van der Waals surface area contributed by atoms with Crippen LogP contribution in [0.2, 0.25) is 0 Å². The second kappa shape index (κ2) is 8.74. The Morgan fingerprint density at radius 2 is 1.64 bits per heavy atom. The smallest absolute Gasteiger partial charge is 0.345 e. The van der Waals surface area contributed by atoms with Gasteiger partial charge in [0.05, 0.1) is 0 Å². The maximum absolute atomic E-state index is 12.8. The van der Waals surface area contributed by atoms with Crippen LogP contribution < -0.4 is 11.5 Å². The second-order valence-electron chi connectivity index (χ2n) is 5.80. The van der Waals surface area contributed by atoms with Crippen LogP contribution >= 0.6 is 0 Å². The van der Waals surface area contributed by atoms with E-state index >= 15 is 0 Å². The third-order valence-electron chi connectivity index (χ3n) is 3.93. The summed E-state index contributed by atoms with van der Waals surface area (Å²) in [4.78, 5) is 45.2. The molecule has 3 rings (SSSR count). The first-order valence-electron chi connectivity index (χ1n) is 8.36. The minimum atomic E-state index is -0.851. The first-order chi connectivity index (χ1) is 13.6. The van der Waals surface area contributed by atoms with Gasteiger partial charge < -0.3 is 9.57 Å². The lowest BCUT2D eigenvalue weighted by Gasteiger charge is -2.12. The summed E-state index contributed by atoms with van der Waals surface area (Å²) in [5.74, 6) is 3.41. The van der Waals surface area contributed by atoms with Gasteiger partial charge in [0.1, 0.15) is 24.5 Å². The summed E-state index contributed by atoms with van der Waals surface area (Å²) in [6.45, 7) is -0.489. The van der Waals surface area contributed by atoms with E-state index in [2.05, 4.69) is 9.82 Å². The number of nitrogens with zero attached hydrogens (tertiary/aromatic N) is 2. The summed E-state index contributed by atoms with van der Waals surface area (Å²) in [6.07, 6.45) is 1.14. The Morgan fingerprint density at radius 3 is 2.29 bits per heavy atom. The van der Waals surface area contributed by atoms with Gasteiger partial charge in [-0.1, -0.05) is 60.7 Å². The van der Waals surface area contributed by atoms with Crippen molar-refractivity contribution in [1.82, 2.24) is 9.55 Å². The number of nitrogens with two attached hydrogens (primary N) is 1. The lowest BCUT2D eigenvalue weighted by molar-refractivity contribution is -0.144. The van der Waals surface area contributed by atoms with Gasteiger partial charge in [-0.15, -0.1) is 0 Å². The predicted octanol–water partition coefficient (Wildman–Crippen LogP) is 1.68. The van der Waals surface area contributed by atoms with E-state index in [4.69, 9.17) is 10.6 Å². The topological polar surface area (TPSA) is 114 Å². The van der Waals surface area contributed by atoms with Gasteiger partial charge in [-0.05, 0) is 5.56 Å². The molecule has 0 aliphatic carbocycles. The Bertz CT molecular complexity index is 1030. The molecule has 2 N–H and O–H groups in total. The monoisotopic (exact) mass is 379 g/mol. The number of esters is 1. The molecule has 0 amide bonds. The Balaban J connectivity index is 1.94. The Labute approximate surface area is 160 Å². The number of ether oxygens (including phenoxy) is 1. The number of hydrogen-bond acceptors (Lipinski definition) is 7. The third-order valence-corrected chi connectivity index (χ3v) is 3.93. The summed E-state index contributed by atoms with van der Waals surface area (Å²) in [7, 11) is 0. The minimum Gasteiger partial charge on any atom is -0.457 e. The Kier molecular flexibility index (Phi) is 5.93. The molecule has 8 nitrogen and oxygen atoms in total. The van der Waals surface area contributed by atoms with Crippen LogP contribution in [0.3, 0.4) is 0 Å². The number of aromatic nitrogens is 2. The van der Waals surface area contributed by atoms with Crippen LogP contribution in [0, 0.1) is 0 Å². The van der Waals surface area contributed by atoms with Crippen molar-refractivity contribution >= 4 is 11.9 Å². The third kappa shape index (κ3) is 4.30. The van der Waals surface area contributed by atoms with Gasteiger partial charge in [0.2, 0.25) is 0 Å². The highest BCUT2D eigenvalue weighted by atomic mass is 16.7. The van der Waals surface area contributed by atoms with Crippen molar-refractivity contribution in [3.63, 3.8) is 0 Å². The van der Waals surface area contributed by atoms with Crippen LogP contribution in [0.15, 0.2) is 71.7 Å². The number of benzene rings is 2. The molecule has 2 aromatic carbocycles. The fourth-order valence-electron chi connectivity index (χ4n) is 2.56. The van der Waals surface area contributed by atoms with Crippen molar-refractivity contribution < 1.29 is 19.2 Å². The molecule has 3 aromatic rings. The zero-order valence-electron chi connectivity index (χ0n) is 14.8. The van der Waals surface area contributed by atoms with Crippen LogP contribution in [0.5, 0.6) is 0 Å². The van der Waals surface area contributed by atoms with Gasteiger partial charge in [0.15, 0.2) is 0 Å². The van der Waals surface area contributed by atoms with Gasteiger partial charge in [0.25, 0.3) is 5.56 Å². The lowest BCUT2D eigenvalue weighted by Crippen LogP contribution is -2.33. The average Bonchev–Trinajstić information content (AvgIpc) is 2.74. The summed E-state index contributed by atoms with van der Waals surface area (Å²) in [5, 5.41) is 0. The van der Waals surface area contributed by atoms with Crippen molar-refractivity contribution in [2.75, 3.05) is 0 Å². The fourth-order valence-corrected chi connectivity index (χ4v) is 2.56. The number of carbonyl (C=O) groups excluding carboxylic acids is 2. The van der Waals surface area contributed by atoms with Crippen LogP contribution in [-0.2, 0) is 27.5 Å². The molecule has 28 heavy (non-hydrogen) atoms.